The van der Waals surface area contributed by atoms with Gasteiger partial charge in [0.25, 0.3) is 0 Å². The Morgan fingerprint density at radius 2 is 1.94 bits per heavy atom. The van der Waals surface area contributed by atoms with Crippen LogP contribution in [0.25, 0.3) is 0 Å². The second-order valence-electron chi connectivity index (χ2n) is 4.57. The Bertz CT molecular complexity index is 292. The van der Waals surface area contributed by atoms with Gasteiger partial charge in [-0.25, -0.2) is 4.79 Å². The predicted octanol–water partition coefficient (Wildman–Crippen LogP) is -0.248. The Labute approximate surface area is 100.0 Å². The molecule has 0 aromatic carbocycles. The Kier molecular flexibility index (Phi) is 4.89. The molecule has 0 spiro atoms. The number of aliphatic carboxylic acids is 1. The lowest BCUT2D eigenvalue weighted by atomic mass is 10.0. The van der Waals surface area contributed by atoms with Gasteiger partial charge in [-0.2, -0.15) is 0 Å². The molecule has 3 unspecified atom stereocenters. The first-order chi connectivity index (χ1) is 7.95. The Morgan fingerprint density at radius 3 is 2.35 bits per heavy atom. The van der Waals surface area contributed by atoms with Gasteiger partial charge in [-0.3, -0.25) is 4.79 Å². The first kappa shape index (κ1) is 13.9. The third-order valence-corrected chi connectivity index (χ3v) is 2.92. The van der Waals surface area contributed by atoms with Crippen LogP contribution in [0.3, 0.4) is 0 Å². The first-order valence-corrected chi connectivity index (χ1v) is 5.75. The molecule has 6 nitrogen and oxygen atoms in total. The minimum atomic E-state index is -1.04. The number of ether oxygens (including phenoxy) is 1. The summed E-state index contributed by atoms with van der Waals surface area (Å²) in [5.74, 6) is -1.27. The molecule has 0 bridgehead atoms. The van der Waals surface area contributed by atoms with Crippen LogP contribution in [0.5, 0.6) is 0 Å². The topological polar surface area (TPSA) is 95.9 Å². The van der Waals surface area contributed by atoms with Gasteiger partial charge in [0.15, 0.2) is 6.10 Å². The van der Waals surface area contributed by atoms with Gasteiger partial charge in [0.2, 0.25) is 5.91 Å². The number of hydrogen-bond donors (Lipinski definition) is 3. The predicted molar refractivity (Wildman–Crippen MR) is 59.4 cm³/mol. The number of carbonyl (C=O) groups is 2. The number of rotatable bonds is 5. The molecule has 1 aliphatic heterocycles. The van der Waals surface area contributed by atoms with E-state index in [1.54, 1.807) is 0 Å². The van der Waals surface area contributed by atoms with Crippen LogP contribution in [-0.4, -0.2) is 46.9 Å². The minimum absolute atomic E-state index is 0.112. The van der Waals surface area contributed by atoms with Gasteiger partial charge in [-0.1, -0.05) is 13.8 Å². The highest BCUT2D eigenvalue weighted by Gasteiger charge is 2.35. The molecule has 0 saturated carbocycles. The lowest BCUT2D eigenvalue weighted by Gasteiger charge is -2.21. The van der Waals surface area contributed by atoms with Gasteiger partial charge in [-0.15, -0.1) is 0 Å². The van der Waals surface area contributed by atoms with E-state index in [0.717, 1.165) is 0 Å². The summed E-state index contributed by atoms with van der Waals surface area (Å²) in [4.78, 5) is 22.4. The molecule has 0 aromatic heterocycles. The number of carboxylic acid groups (broad SMARTS) is 1. The Hall–Kier alpha value is -1.14. The van der Waals surface area contributed by atoms with E-state index >= 15 is 0 Å². The maximum absolute atomic E-state index is 11.7. The fraction of sp³-hybridized carbons (Fsp3) is 0.818. The highest BCUT2D eigenvalue weighted by atomic mass is 16.5. The molecule has 1 fully saturated rings. The minimum Gasteiger partial charge on any atom is -0.479 e. The zero-order chi connectivity index (χ0) is 13.0. The van der Waals surface area contributed by atoms with Crippen LogP contribution in [0.4, 0.5) is 0 Å². The highest BCUT2D eigenvalue weighted by Crippen LogP contribution is 2.20. The smallest absolute Gasteiger partial charge is 0.332 e. The normalized spacial score (nSPS) is 25.9. The molecule has 17 heavy (non-hydrogen) atoms. The number of amides is 1. The van der Waals surface area contributed by atoms with E-state index in [2.05, 4.69) is 5.32 Å². The lowest BCUT2D eigenvalue weighted by molar-refractivity contribution is -0.152. The fourth-order valence-corrected chi connectivity index (χ4v) is 1.71. The van der Waals surface area contributed by atoms with Crippen LogP contribution in [0.1, 0.15) is 26.7 Å². The summed E-state index contributed by atoms with van der Waals surface area (Å²) in [6, 6.07) is -0.324. The van der Waals surface area contributed by atoms with Crippen molar-refractivity contribution in [1.29, 1.82) is 0 Å². The molecular formula is C11H19NO5. The average Bonchev–Trinajstić information content (AvgIpc) is 2.74. The van der Waals surface area contributed by atoms with Crippen LogP contribution in [0, 0.1) is 5.92 Å². The van der Waals surface area contributed by atoms with E-state index in [0.29, 0.717) is 12.8 Å². The third-order valence-electron chi connectivity index (χ3n) is 2.92. The second kappa shape index (κ2) is 5.97. The molecule has 98 valence electrons. The van der Waals surface area contributed by atoms with Crippen molar-refractivity contribution in [3.8, 4) is 0 Å². The standard InChI is InChI=1S/C11H19NO5/c1-6(2)7(5-13)12-10(14)8-3-4-9(17-8)11(15)16/h6-9,13H,3-5H2,1-2H3,(H,12,14)(H,15,16). The molecular weight excluding hydrogens is 226 g/mol. The molecule has 0 aromatic rings. The van der Waals surface area contributed by atoms with Crippen molar-refractivity contribution in [1.82, 2.24) is 5.32 Å². The summed E-state index contributed by atoms with van der Waals surface area (Å²) in [7, 11) is 0. The third kappa shape index (κ3) is 3.67. The van der Waals surface area contributed by atoms with Gasteiger partial charge in [-0.05, 0) is 18.8 Å². The maximum atomic E-state index is 11.7. The first-order valence-electron chi connectivity index (χ1n) is 5.75. The van der Waals surface area contributed by atoms with Crippen LogP contribution in [-0.2, 0) is 14.3 Å². The molecule has 1 heterocycles. The van der Waals surface area contributed by atoms with Crippen molar-refractivity contribution in [2.75, 3.05) is 6.61 Å². The van der Waals surface area contributed by atoms with Gasteiger partial charge >= 0.3 is 5.97 Å². The number of hydrogen-bond acceptors (Lipinski definition) is 4. The van der Waals surface area contributed by atoms with Crippen molar-refractivity contribution in [2.24, 2.45) is 5.92 Å². The number of nitrogens with one attached hydrogen (secondary N) is 1. The van der Waals surface area contributed by atoms with Crippen LogP contribution in [0.15, 0.2) is 0 Å². The zero-order valence-corrected chi connectivity index (χ0v) is 10.0. The molecule has 0 radical (unpaired) electrons. The molecule has 1 aliphatic rings. The molecule has 1 amide bonds. The van der Waals surface area contributed by atoms with Gasteiger partial charge in [0.05, 0.1) is 12.6 Å². The van der Waals surface area contributed by atoms with Crippen molar-refractivity contribution in [2.45, 2.75) is 44.9 Å². The average molecular weight is 245 g/mol. The van der Waals surface area contributed by atoms with Crippen molar-refractivity contribution in [3.05, 3.63) is 0 Å². The van der Waals surface area contributed by atoms with Gasteiger partial charge in [0, 0.05) is 0 Å². The van der Waals surface area contributed by atoms with E-state index in [-0.39, 0.29) is 24.5 Å². The molecule has 0 aliphatic carbocycles. The summed E-state index contributed by atoms with van der Waals surface area (Å²) in [6.45, 7) is 3.63. The van der Waals surface area contributed by atoms with Crippen LogP contribution in [0.2, 0.25) is 0 Å². The molecule has 1 rings (SSSR count). The number of aliphatic hydroxyl groups excluding tert-OH is 1. The molecule has 3 N–H and O–H groups in total. The van der Waals surface area contributed by atoms with E-state index in [1.807, 2.05) is 13.8 Å². The van der Waals surface area contributed by atoms with E-state index in [4.69, 9.17) is 14.9 Å². The monoisotopic (exact) mass is 245 g/mol. The van der Waals surface area contributed by atoms with Crippen molar-refractivity contribution < 1.29 is 24.5 Å². The van der Waals surface area contributed by atoms with Gasteiger partial charge < -0.3 is 20.3 Å². The van der Waals surface area contributed by atoms with Crippen LogP contribution < -0.4 is 5.32 Å². The van der Waals surface area contributed by atoms with Crippen molar-refractivity contribution in [3.63, 3.8) is 0 Å². The van der Waals surface area contributed by atoms with E-state index in [9.17, 15) is 9.59 Å². The lowest BCUT2D eigenvalue weighted by Crippen LogP contribution is -2.46. The SMILES string of the molecule is CC(C)C(CO)NC(=O)C1CCC(C(=O)O)O1. The highest BCUT2D eigenvalue weighted by molar-refractivity contribution is 5.82. The molecule has 3 atom stereocenters. The fourth-order valence-electron chi connectivity index (χ4n) is 1.71. The maximum Gasteiger partial charge on any atom is 0.332 e. The Morgan fingerprint density at radius 1 is 1.35 bits per heavy atom. The van der Waals surface area contributed by atoms with E-state index < -0.39 is 18.2 Å². The summed E-state index contributed by atoms with van der Waals surface area (Å²) in [5, 5.41) is 20.5. The molecule has 6 heteroatoms. The zero-order valence-electron chi connectivity index (χ0n) is 10.0. The summed E-state index contributed by atoms with van der Waals surface area (Å²) in [5.41, 5.74) is 0. The number of carbonyl (C=O) groups excluding carboxylic acids is 1. The quantitative estimate of drug-likeness (QED) is 0.621. The number of carboxylic acids is 1. The largest absolute Gasteiger partial charge is 0.479 e. The summed E-state index contributed by atoms with van der Waals surface area (Å²) < 4.78 is 5.12. The Balaban J connectivity index is 2.46. The van der Waals surface area contributed by atoms with E-state index in [1.165, 1.54) is 0 Å². The second-order valence-corrected chi connectivity index (χ2v) is 4.57. The van der Waals surface area contributed by atoms with Crippen LogP contribution >= 0.6 is 0 Å². The number of aliphatic hydroxyl groups is 1. The van der Waals surface area contributed by atoms with Crippen molar-refractivity contribution >= 4 is 11.9 Å². The molecule has 1 saturated heterocycles. The summed E-state index contributed by atoms with van der Waals surface area (Å²) in [6.07, 6.45) is -0.862. The van der Waals surface area contributed by atoms with Gasteiger partial charge in [0.1, 0.15) is 6.10 Å². The summed E-state index contributed by atoms with van der Waals surface area (Å²) >= 11 is 0.